The van der Waals surface area contributed by atoms with Crippen LogP contribution < -0.4 is 10.1 Å². The van der Waals surface area contributed by atoms with E-state index in [4.69, 9.17) is 4.74 Å². The van der Waals surface area contributed by atoms with Crippen LogP contribution in [-0.4, -0.2) is 13.2 Å². The summed E-state index contributed by atoms with van der Waals surface area (Å²) in [6.07, 6.45) is 6.97. The largest absolute Gasteiger partial charge is 0.494 e. The van der Waals surface area contributed by atoms with Gasteiger partial charge in [0.05, 0.1) is 7.11 Å². The smallest absolute Gasteiger partial charge is 0.167 e. The first-order valence-corrected chi connectivity index (χ1v) is 7.86. The first kappa shape index (κ1) is 12.5. The minimum Gasteiger partial charge on any atom is -0.494 e. The quantitative estimate of drug-likeness (QED) is 0.897. The molecule has 3 aliphatic rings. The van der Waals surface area contributed by atoms with Gasteiger partial charge >= 0.3 is 0 Å². The zero-order valence-electron chi connectivity index (χ0n) is 11.9. The molecule has 0 saturated heterocycles. The van der Waals surface area contributed by atoms with Gasteiger partial charge in [0.1, 0.15) is 0 Å². The molecule has 1 aromatic carbocycles. The Balaban J connectivity index is 1.49. The van der Waals surface area contributed by atoms with Crippen LogP contribution >= 0.6 is 0 Å². The van der Waals surface area contributed by atoms with E-state index in [9.17, 15) is 4.39 Å². The van der Waals surface area contributed by atoms with Gasteiger partial charge in [-0.15, -0.1) is 0 Å². The summed E-state index contributed by atoms with van der Waals surface area (Å²) in [5, 5.41) is 3.58. The van der Waals surface area contributed by atoms with Crippen molar-refractivity contribution in [2.24, 2.45) is 23.7 Å². The van der Waals surface area contributed by atoms with Gasteiger partial charge < -0.3 is 10.1 Å². The van der Waals surface area contributed by atoms with E-state index >= 15 is 0 Å². The second-order valence-corrected chi connectivity index (χ2v) is 6.75. The fourth-order valence-electron chi connectivity index (χ4n) is 5.20. The number of benzene rings is 1. The summed E-state index contributed by atoms with van der Waals surface area (Å²) in [4.78, 5) is 0. The van der Waals surface area contributed by atoms with Gasteiger partial charge in [-0.3, -0.25) is 0 Å². The number of hydrogen-bond acceptors (Lipinski definition) is 2. The van der Waals surface area contributed by atoms with Crippen LogP contribution in [0.15, 0.2) is 18.2 Å². The van der Waals surface area contributed by atoms with E-state index in [0.717, 1.165) is 29.4 Å². The average Bonchev–Trinajstić information content (AvgIpc) is 3.10. The highest BCUT2D eigenvalue weighted by atomic mass is 19.1. The van der Waals surface area contributed by atoms with Gasteiger partial charge in [-0.2, -0.15) is 0 Å². The van der Waals surface area contributed by atoms with Crippen molar-refractivity contribution in [2.45, 2.75) is 38.1 Å². The molecule has 20 heavy (non-hydrogen) atoms. The molecule has 3 aliphatic carbocycles. The van der Waals surface area contributed by atoms with Gasteiger partial charge in [0.25, 0.3) is 0 Å². The molecular weight excluding hydrogens is 253 g/mol. The van der Waals surface area contributed by atoms with Crippen LogP contribution in [0.5, 0.6) is 5.75 Å². The number of methoxy groups -OCH3 is 1. The molecular formula is C17H22FNO. The first-order chi connectivity index (χ1) is 9.76. The summed E-state index contributed by atoms with van der Waals surface area (Å²) in [7, 11) is 1.50. The van der Waals surface area contributed by atoms with E-state index in [1.807, 2.05) is 6.07 Å². The lowest BCUT2D eigenvalue weighted by atomic mass is 9.79. The third kappa shape index (κ3) is 1.82. The predicted molar refractivity (Wildman–Crippen MR) is 77.4 cm³/mol. The summed E-state index contributed by atoms with van der Waals surface area (Å²) < 4.78 is 18.7. The predicted octanol–water partition coefficient (Wildman–Crippen LogP) is 4.07. The summed E-state index contributed by atoms with van der Waals surface area (Å²) >= 11 is 0. The molecule has 2 bridgehead atoms. The Labute approximate surface area is 119 Å². The van der Waals surface area contributed by atoms with Gasteiger partial charge in [0, 0.05) is 17.8 Å². The fourth-order valence-corrected chi connectivity index (χ4v) is 5.20. The maximum atomic E-state index is 13.8. The highest BCUT2D eigenvalue weighted by molar-refractivity contribution is 5.48. The van der Waals surface area contributed by atoms with Crippen LogP contribution in [0.25, 0.3) is 0 Å². The van der Waals surface area contributed by atoms with Gasteiger partial charge in [-0.25, -0.2) is 4.39 Å². The van der Waals surface area contributed by atoms with E-state index in [0.29, 0.717) is 11.8 Å². The fraction of sp³-hybridized carbons (Fsp3) is 0.647. The van der Waals surface area contributed by atoms with Crippen molar-refractivity contribution in [2.75, 3.05) is 12.4 Å². The van der Waals surface area contributed by atoms with E-state index in [1.165, 1.54) is 39.2 Å². The maximum Gasteiger partial charge on any atom is 0.167 e. The number of ether oxygens (including phenoxy) is 1. The Hall–Kier alpha value is -1.25. The molecule has 0 amide bonds. The first-order valence-electron chi connectivity index (χ1n) is 7.86. The molecule has 1 N–H and O–H groups in total. The monoisotopic (exact) mass is 275 g/mol. The zero-order chi connectivity index (χ0) is 13.7. The summed E-state index contributed by atoms with van der Waals surface area (Å²) in [6.45, 7) is 0. The molecule has 0 heterocycles. The molecule has 0 spiro atoms. The SMILES string of the molecule is COc1ccc(NC2CC3CC2C2CCCC32)cc1F. The van der Waals surface area contributed by atoms with Crippen LogP contribution in [-0.2, 0) is 0 Å². The van der Waals surface area contributed by atoms with Gasteiger partial charge in [-0.1, -0.05) is 6.42 Å². The van der Waals surface area contributed by atoms with Crippen molar-refractivity contribution in [3.05, 3.63) is 24.0 Å². The van der Waals surface area contributed by atoms with Crippen molar-refractivity contribution in [3.8, 4) is 5.75 Å². The molecule has 1 aromatic rings. The average molecular weight is 275 g/mol. The van der Waals surface area contributed by atoms with Gasteiger partial charge in [-0.05, 0) is 61.5 Å². The van der Waals surface area contributed by atoms with Gasteiger partial charge in [0.15, 0.2) is 11.6 Å². The van der Waals surface area contributed by atoms with Crippen molar-refractivity contribution in [3.63, 3.8) is 0 Å². The molecule has 0 radical (unpaired) electrons. The second-order valence-electron chi connectivity index (χ2n) is 6.75. The maximum absolute atomic E-state index is 13.8. The Morgan fingerprint density at radius 1 is 1.15 bits per heavy atom. The van der Waals surface area contributed by atoms with Crippen molar-refractivity contribution in [1.82, 2.24) is 0 Å². The Morgan fingerprint density at radius 3 is 2.80 bits per heavy atom. The molecule has 0 aromatic heterocycles. The molecule has 0 aliphatic heterocycles. The summed E-state index contributed by atoms with van der Waals surface area (Å²) in [5.41, 5.74) is 0.899. The third-order valence-electron chi connectivity index (χ3n) is 5.93. The topological polar surface area (TPSA) is 21.3 Å². The van der Waals surface area contributed by atoms with E-state index in [-0.39, 0.29) is 5.82 Å². The lowest BCUT2D eigenvalue weighted by Gasteiger charge is -2.32. The lowest BCUT2D eigenvalue weighted by molar-refractivity contribution is 0.243. The summed E-state index contributed by atoms with van der Waals surface area (Å²) in [5.74, 6) is 3.73. The van der Waals surface area contributed by atoms with Crippen LogP contribution in [0, 0.1) is 29.5 Å². The highest BCUT2D eigenvalue weighted by Crippen LogP contribution is 2.59. The molecule has 3 saturated carbocycles. The minimum absolute atomic E-state index is 0.278. The number of hydrogen-bond donors (Lipinski definition) is 1. The Morgan fingerprint density at radius 2 is 2.00 bits per heavy atom. The van der Waals surface area contributed by atoms with E-state index in [1.54, 1.807) is 12.1 Å². The van der Waals surface area contributed by atoms with Crippen molar-refractivity contribution in [1.29, 1.82) is 0 Å². The number of halogens is 1. The molecule has 5 atom stereocenters. The number of nitrogens with one attached hydrogen (secondary N) is 1. The number of anilines is 1. The van der Waals surface area contributed by atoms with Crippen LogP contribution in [0.3, 0.4) is 0 Å². The Kier molecular flexibility index (Phi) is 2.90. The third-order valence-corrected chi connectivity index (χ3v) is 5.93. The molecule has 2 nitrogen and oxygen atoms in total. The number of rotatable bonds is 3. The molecule has 4 rings (SSSR count). The van der Waals surface area contributed by atoms with E-state index in [2.05, 4.69) is 5.32 Å². The van der Waals surface area contributed by atoms with Crippen LogP contribution in [0.4, 0.5) is 10.1 Å². The molecule has 3 fully saturated rings. The Bertz CT molecular complexity index is 518. The number of fused-ring (bicyclic) bond motifs is 5. The van der Waals surface area contributed by atoms with Crippen molar-refractivity contribution >= 4 is 5.69 Å². The highest BCUT2D eigenvalue weighted by Gasteiger charge is 2.53. The standard InChI is InChI=1S/C17H22FNO/c1-20-17-6-5-11(9-15(17)18)19-16-8-10-7-14(16)13-4-2-3-12(10)13/h5-6,9-10,12-14,16,19H,2-4,7-8H2,1H3. The summed E-state index contributed by atoms with van der Waals surface area (Å²) in [6, 6.07) is 5.76. The van der Waals surface area contributed by atoms with Crippen molar-refractivity contribution < 1.29 is 9.13 Å². The molecule has 3 heteroatoms. The molecule has 108 valence electrons. The zero-order valence-corrected chi connectivity index (χ0v) is 11.9. The van der Waals surface area contributed by atoms with Gasteiger partial charge in [0.2, 0.25) is 0 Å². The lowest BCUT2D eigenvalue weighted by Crippen LogP contribution is -2.33. The normalized spacial score (nSPS) is 38.0. The van der Waals surface area contributed by atoms with Crippen LogP contribution in [0.2, 0.25) is 0 Å². The molecule has 5 unspecified atom stereocenters. The van der Waals surface area contributed by atoms with Crippen LogP contribution in [0.1, 0.15) is 32.1 Å². The van der Waals surface area contributed by atoms with E-state index < -0.39 is 0 Å². The second kappa shape index (κ2) is 4.64. The minimum atomic E-state index is -0.278.